The van der Waals surface area contributed by atoms with Crippen molar-refractivity contribution < 1.29 is 15.0 Å². The number of nitrogens with two attached hydrogens (primary N) is 1. The summed E-state index contributed by atoms with van der Waals surface area (Å²) in [5, 5.41) is 19.7. The van der Waals surface area contributed by atoms with Gasteiger partial charge in [0.05, 0.1) is 23.4 Å². The highest BCUT2D eigenvalue weighted by Crippen LogP contribution is 2.21. The Morgan fingerprint density at radius 2 is 1.95 bits per heavy atom. The van der Waals surface area contributed by atoms with E-state index in [0.717, 1.165) is 0 Å². The number of hydrogen-bond donors (Lipinski definition) is 5. The van der Waals surface area contributed by atoms with Gasteiger partial charge in [-0.2, -0.15) is 0 Å². The van der Waals surface area contributed by atoms with E-state index in [1.165, 1.54) is 18.2 Å². The van der Waals surface area contributed by atoms with Gasteiger partial charge in [-0.3, -0.25) is 14.6 Å². The summed E-state index contributed by atoms with van der Waals surface area (Å²) in [7, 11) is 0. The van der Waals surface area contributed by atoms with Crippen LogP contribution in [0, 0.1) is 0 Å². The van der Waals surface area contributed by atoms with Crippen LogP contribution in [0.5, 0.6) is 0 Å². The van der Waals surface area contributed by atoms with Crippen molar-refractivity contribution >= 4 is 16.8 Å². The molecule has 0 fully saturated rings. The van der Waals surface area contributed by atoms with E-state index in [2.05, 4.69) is 9.97 Å². The Bertz CT molecular complexity index is 764. The molecule has 0 aliphatic rings. The Labute approximate surface area is 111 Å². The second kappa shape index (κ2) is 5.27. The molecular formula is C12H13N3O5. The Morgan fingerprint density at radius 3 is 2.60 bits per heavy atom. The molecule has 0 bridgehead atoms. The van der Waals surface area contributed by atoms with Gasteiger partial charge >= 0.3 is 5.69 Å². The summed E-state index contributed by atoms with van der Waals surface area (Å²) in [5.74, 6) is -0.750. The van der Waals surface area contributed by atoms with Crippen molar-refractivity contribution in [3.8, 4) is 0 Å². The highest BCUT2D eigenvalue weighted by Gasteiger charge is 2.20. The second-order valence-electron chi connectivity index (χ2n) is 4.40. The number of aromatic nitrogens is 2. The highest BCUT2D eigenvalue weighted by atomic mass is 16.3. The van der Waals surface area contributed by atoms with Crippen molar-refractivity contribution in [1.82, 2.24) is 9.97 Å². The lowest BCUT2D eigenvalue weighted by atomic mass is 10.0. The second-order valence-corrected chi connectivity index (χ2v) is 4.40. The van der Waals surface area contributed by atoms with Crippen molar-refractivity contribution in [2.45, 2.75) is 18.6 Å². The molecule has 1 heterocycles. The zero-order valence-electron chi connectivity index (χ0n) is 10.3. The molecule has 2 aromatic rings. The van der Waals surface area contributed by atoms with Crippen LogP contribution in [0.4, 0.5) is 0 Å². The average Bonchev–Trinajstić information content (AvgIpc) is 2.36. The highest BCUT2D eigenvalue weighted by molar-refractivity contribution is 5.78. The van der Waals surface area contributed by atoms with Gasteiger partial charge in [-0.05, 0) is 17.7 Å². The van der Waals surface area contributed by atoms with Gasteiger partial charge in [0, 0.05) is 0 Å². The van der Waals surface area contributed by atoms with Gasteiger partial charge in [-0.15, -0.1) is 0 Å². The van der Waals surface area contributed by atoms with Gasteiger partial charge in [0.25, 0.3) is 5.56 Å². The SMILES string of the molecule is NC(=O)CC(O)C(O)c1ccc2[nH]c(=O)[nH]c(=O)c2c1. The quantitative estimate of drug-likeness (QED) is 0.461. The molecule has 1 aromatic heterocycles. The van der Waals surface area contributed by atoms with Crippen LogP contribution in [0.3, 0.4) is 0 Å². The van der Waals surface area contributed by atoms with Crippen LogP contribution in [0.1, 0.15) is 18.1 Å². The summed E-state index contributed by atoms with van der Waals surface area (Å²) >= 11 is 0. The van der Waals surface area contributed by atoms with E-state index in [4.69, 9.17) is 5.73 Å². The van der Waals surface area contributed by atoms with E-state index < -0.39 is 35.8 Å². The first-order valence-corrected chi connectivity index (χ1v) is 5.79. The largest absolute Gasteiger partial charge is 0.390 e. The first kappa shape index (κ1) is 14.0. The number of carbonyl (C=O) groups excluding carboxylic acids is 1. The molecule has 20 heavy (non-hydrogen) atoms. The lowest BCUT2D eigenvalue weighted by molar-refractivity contribution is -0.121. The third-order valence-corrected chi connectivity index (χ3v) is 2.88. The zero-order valence-corrected chi connectivity index (χ0v) is 10.3. The molecule has 2 atom stereocenters. The summed E-state index contributed by atoms with van der Waals surface area (Å²) in [6.45, 7) is 0. The predicted molar refractivity (Wildman–Crippen MR) is 70.0 cm³/mol. The minimum Gasteiger partial charge on any atom is -0.390 e. The van der Waals surface area contributed by atoms with E-state index >= 15 is 0 Å². The van der Waals surface area contributed by atoms with Crippen LogP contribution in [0.2, 0.25) is 0 Å². The fourth-order valence-corrected chi connectivity index (χ4v) is 1.91. The molecule has 8 heteroatoms. The van der Waals surface area contributed by atoms with Crippen LogP contribution in [0.25, 0.3) is 10.9 Å². The molecule has 1 amide bonds. The Balaban J connectivity index is 2.44. The molecule has 0 saturated heterocycles. The maximum atomic E-state index is 11.6. The normalized spacial score (nSPS) is 14.1. The van der Waals surface area contributed by atoms with Crippen LogP contribution >= 0.6 is 0 Å². The number of aliphatic hydroxyl groups excluding tert-OH is 2. The summed E-state index contributed by atoms with van der Waals surface area (Å²) < 4.78 is 0. The van der Waals surface area contributed by atoms with Crippen LogP contribution < -0.4 is 17.0 Å². The van der Waals surface area contributed by atoms with E-state index in [1.54, 1.807) is 0 Å². The summed E-state index contributed by atoms with van der Waals surface area (Å²) in [5.41, 5.74) is 4.24. The average molecular weight is 279 g/mol. The molecule has 0 aliphatic carbocycles. The summed E-state index contributed by atoms with van der Waals surface area (Å²) in [6.07, 6.45) is -3.13. The first-order chi connectivity index (χ1) is 9.38. The van der Waals surface area contributed by atoms with Crippen molar-refractivity contribution in [3.63, 3.8) is 0 Å². The first-order valence-electron chi connectivity index (χ1n) is 5.79. The lowest BCUT2D eigenvalue weighted by Gasteiger charge is -2.17. The molecule has 0 spiro atoms. The fourth-order valence-electron chi connectivity index (χ4n) is 1.91. The number of rotatable bonds is 4. The number of primary amides is 1. The van der Waals surface area contributed by atoms with Gasteiger partial charge in [0.1, 0.15) is 6.10 Å². The Morgan fingerprint density at radius 1 is 1.25 bits per heavy atom. The molecule has 2 rings (SSSR count). The molecule has 106 valence electrons. The lowest BCUT2D eigenvalue weighted by Crippen LogP contribution is -2.26. The van der Waals surface area contributed by atoms with Gasteiger partial charge in [0.15, 0.2) is 0 Å². The number of benzene rings is 1. The number of fused-ring (bicyclic) bond motifs is 1. The van der Waals surface area contributed by atoms with Crippen molar-refractivity contribution in [2.24, 2.45) is 5.73 Å². The van der Waals surface area contributed by atoms with E-state index in [0.29, 0.717) is 5.52 Å². The van der Waals surface area contributed by atoms with Gasteiger partial charge in [-0.25, -0.2) is 4.79 Å². The minimum absolute atomic E-state index is 0.160. The standard InChI is InChI=1S/C12H13N3O5/c13-9(17)4-8(16)10(18)5-1-2-7-6(3-5)11(19)15-12(20)14-7/h1-3,8,10,16,18H,4H2,(H2,13,17)(H2,14,15,19,20). The third-order valence-electron chi connectivity index (χ3n) is 2.88. The zero-order chi connectivity index (χ0) is 14.9. The Hall–Kier alpha value is -2.45. The van der Waals surface area contributed by atoms with E-state index in [1.807, 2.05) is 0 Å². The van der Waals surface area contributed by atoms with E-state index in [9.17, 15) is 24.6 Å². The van der Waals surface area contributed by atoms with Crippen LogP contribution in [-0.2, 0) is 4.79 Å². The molecule has 0 aliphatic heterocycles. The molecule has 0 saturated carbocycles. The number of amides is 1. The maximum absolute atomic E-state index is 11.6. The van der Waals surface area contributed by atoms with Gasteiger partial charge in [0.2, 0.25) is 5.91 Å². The molecule has 0 radical (unpaired) electrons. The number of H-pyrrole nitrogens is 2. The molecule has 2 unspecified atom stereocenters. The molecule has 8 nitrogen and oxygen atoms in total. The maximum Gasteiger partial charge on any atom is 0.326 e. The molecular weight excluding hydrogens is 266 g/mol. The number of nitrogens with one attached hydrogen (secondary N) is 2. The predicted octanol–water partition coefficient (Wildman–Crippen LogP) is -1.51. The summed E-state index contributed by atoms with van der Waals surface area (Å²) in [4.78, 5) is 37.9. The molecule has 6 N–H and O–H groups in total. The van der Waals surface area contributed by atoms with Crippen molar-refractivity contribution in [2.75, 3.05) is 0 Å². The van der Waals surface area contributed by atoms with Crippen molar-refractivity contribution in [3.05, 3.63) is 44.6 Å². The third kappa shape index (κ3) is 2.76. The number of aliphatic hydroxyl groups is 2. The summed E-state index contributed by atoms with van der Waals surface area (Å²) in [6, 6.07) is 4.20. The molecule has 1 aromatic carbocycles. The monoisotopic (exact) mass is 279 g/mol. The number of aromatic amines is 2. The van der Waals surface area contributed by atoms with Crippen LogP contribution in [0.15, 0.2) is 27.8 Å². The van der Waals surface area contributed by atoms with Gasteiger partial charge in [-0.1, -0.05) is 6.07 Å². The number of hydrogen-bond acceptors (Lipinski definition) is 5. The number of carbonyl (C=O) groups is 1. The topological polar surface area (TPSA) is 149 Å². The Kier molecular flexibility index (Phi) is 3.68. The van der Waals surface area contributed by atoms with Crippen molar-refractivity contribution in [1.29, 1.82) is 0 Å². The van der Waals surface area contributed by atoms with Gasteiger partial charge < -0.3 is 20.9 Å². The fraction of sp³-hybridized carbons (Fsp3) is 0.250. The smallest absolute Gasteiger partial charge is 0.326 e. The minimum atomic E-state index is -1.37. The van der Waals surface area contributed by atoms with E-state index in [-0.39, 0.29) is 10.9 Å². The van der Waals surface area contributed by atoms with Crippen LogP contribution in [-0.4, -0.2) is 32.2 Å².